The van der Waals surface area contributed by atoms with E-state index in [4.69, 9.17) is 25.3 Å². The zero-order chi connectivity index (χ0) is 21.1. The Kier molecular flexibility index (Phi) is 5.96. The number of carbonyl (C=O) groups is 1. The topological polar surface area (TPSA) is 127 Å². The number of nitrogens with zero attached hydrogens (tertiary/aromatic N) is 5. The third-order valence-corrected chi connectivity index (χ3v) is 5.50. The maximum atomic E-state index is 11.6. The van der Waals surface area contributed by atoms with Gasteiger partial charge >= 0.3 is 0 Å². The first-order chi connectivity index (χ1) is 14.5. The van der Waals surface area contributed by atoms with Crippen LogP contribution in [-0.4, -0.2) is 83.0 Å². The summed E-state index contributed by atoms with van der Waals surface area (Å²) in [5.41, 5.74) is 7.24. The van der Waals surface area contributed by atoms with Crippen molar-refractivity contribution in [1.29, 1.82) is 0 Å². The molecule has 2 aromatic heterocycles. The summed E-state index contributed by atoms with van der Waals surface area (Å²) in [5.74, 6) is 1.23. The van der Waals surface area contributed by atoms with Crippen LogP contribution in [0.2, 0.25) is 0 Å². The molecule has 2 aromatic rings. The summed E-state index contributed by atoms with van der Waals surface area (Å²) >= 11 is 0. The molecule has 10 heteroatoms. The first kappa shape index (κ1) is 20.3. The van der Waals surface area contributed by atoms with E-state index in [-0.39, 0.29) is 18.1 Å². The molecule has 0 radical (unpaired) electrons. The molecule has 4 rings (SSSR count). The van der Waals surface area contributed by atoms with Crippen LogP contribution in [0.4, 0.5) is 11.8 Å². The van der Waals surface area contributed by atoms with E-state index in [1.54, 1.807) is 30.3 Å². The summed E-state index contributed by atoms with van der Waals surface area (Å²) in [7, 11) is 1.70. The summed E-state index contributed by atoms with van der Waals surface area (Å²) < 4.78 is 11.5. The molecule has 2 aliphatic rings. The lowest BCUT2D eigenvalue weighted by molar-refractivity contribution is -0.138. The molecule has 160 valence electrons. The number of morpholine rings is 1. The van der Waals surface area contributed by atoms with E-state index in [0.717, 1.165) is 5.56 Å². The van der Waals surface area contributed by atoms with Crippen LogP contribution < -0.4 is 15.4 Å². The standard InChI is InChI=1S/C20H26N6O4/c1-25(19(28)12-27)14-8-15(9-14)30-18-10-16(13-2-3-17(21)22-11-13)23-20(24-18)26-4-6-29-7-5-26/h2-3,10-11,14-15,27H,4-9,12H2,1H3,(H2,21,22). The highest BCUT2D eigenvalue weighted by molar-refractivity contribution is 5.77. The zero-order valence-electron chi connectivity index (χ0n) is 16.9. The average Bonchev–Trinajstić information content (AvgIpc) is 2.76. The number of aliphatic hydroxyl groups excluding tert-OH is 1. The summed E-state index contributed by atoms with van der Waals surface area (Å²) in [6.45, 7) is 2.20. The first-order valence-electron chi connectivity index (χ1n) is 10.0. The number of aromatic nitrogens is 3. The molecular formula is C20H26N6O4. The van der Waals surface area contributed by atoms with Crippen LogP contribution >= 0.6 is 0 Å². The normalized spacial score (nSPS) is 21.1. The summed E-state index contributed by atoms with van der Waals surface area (Å²) in [6, 6.07) is 5.46. The van der Waals surface area contributed by atoms with Gasteiger partial charge in [-0.25, -0.2) is 9.97 Å². The number of hydrogen-bond acceptors (Lipinski definition) is 9. The van der Waals surface area contributed by atoms with Crippen LogP contribution in [0.3, 0.4) is 0 Å². The highest BCUT2D eigenvalue weighted by atomic mass is 16.5. The van der Waals surface area contributed by atoms with Gasteiger partial charge in [-0.15, -0.1) is 0 Å². The molecule has 1 aliphatic heterocycles. The third-order valence-electron chi connectivity index (χ3n) is 5.50. The number of aliphatic hydroxyl groups is 1. The van der Waals surface area contributed by atoms with Crippen LogP contribution in [0.5, 0.6) is 5.88 Å². The largest absolute Gasteiger partial charge is 0.474 e. The van der Waals surface area contributed by atoms with Crippen molar-refractivity contribution in [3.63, 3.8) is 0 Å². The van der Waals surface area contributed by atoms with Crippen molar-refractivity contribution in [3.8, 4) is 17.1 Å². The number of ether oxygens (including phenoxy) is 2. The van der Waals surface area contributed by atoms with Gasteiger partial charge in [0, 0.05) is 56.8 Å². The fourth-order valence-corrected chi connectivity index (χ4v) is 3.52. The van der Waals surface area contributed by atoms with Crippen molar-refractivity contribution in [1.82, 2.24) is 19.9 Å². The Balaban J connectivity index is 1.52. The number of amides is 1. The molecule has 1 aliphatic carbocycles. The van der Waals surface area contributed by atoms with Crippen LogP contribution in [0.25, 0.3) is 11.3 Å². The highest BCUT2D eigenvalue weighted by Gasteiger charge is 2.36. The van der Waals surface area contributed by atoms with Crippen molar-refractivity contribution >= 4 is 17.7 Å². The van der Waals surface area contributed by atoms with Gasteiger partial charge in [0.2, 0.25) is 17.7 Å². The fourth-order valence-electron chi connectivity index (χ4n) is 3.52. The smallest absolute Gasteiger partial charge is 0.248 e. The lowest BCUT2D eigenvalue weighted by Crippen LogP contribution is -2.50. The maximum Gasteiger partial charge on any atom is 0.248 e. The number of nitrogens with two attached hydrogens (primary N) is 1. The number of hydrogen-bond donors (Lipinski definition) is 2. The van der Waals surface area contributed by atoms with Crippen molar-refractivity contribution in [2.24, 2.45) is 0 Å². The van der Waals surface area contributed by atoms with Gasteiger partial charge in [0.15, 0.2) is 0 Å². The van der Waals surface area contributed by atoms with E-state index >= 15 is 0 Å². The van der Waals surface area contributed by atoms with Gasteiger partial charge in [-0.3, -0.25) is 4.79 Å². The van der Waals surface area contributed by atoms with Crippen molar-refractivity contribution in [2.45, 2.75) is 25.0 Å². The van der Waals surface area contributed by atoms with E-state index in [1.165, 1.54) is 0 Å². The predicted octanol–water partition coefficient (Wildman–Crippen LogP) is 0.318. The second kappa shape index (κ2) is 8.80. The van der Waals surface area contributed by atoms with Gasteiger partial charge in [0.25, 0.3) is 0 Å². The van der Waals surface area contributed by atoms with E-state index < -0.39 is 6.61 Å². The Morgan fingerprint density at radius 3 is 2.77 bits per heavy atom. The van der Waals surface area contributed by atoms with Crippen molar-refractivity contribution in [3.05, 3.63) is 24.4 Å². The second-order valence-corrected chi connectivity index (χ2v) is 7.49. The highest BCUT2D eigenvalue weighted by Crippen LogP contribution is 2.31. The van der Waals surface area contributed by atoms with Gasteiger partial charge in [0.1, 0.15) is 18.5 Å². The average molecular weight is 414 g/mol. The first-order valence-corrected chi connectivity index (χ1v) is 10.0. The predicted molar refractivity (Wildman–Crippen MR) is 110 cm³/mol. The minimum absolute atomic E-state index is 0.0474. The number of pyridine rings is 1. The number of nitrogen functional groups attached to an aromatic ring is 1. The van der Waals surface area contributed by atoms with Crippen molar-refractivity contribution in [2.75, 3.05) is 50.6 Å². The summed E-state index contributed by atoms with van der Waals surface area (Å²) in [4.78, 5) is 28.8. The number of anilines is 2. The van der Waals surface area contributed by atoms with Gasteiger partial charge < -0.3 is 30.1 Å². The Bertz CT molecular complexity index is 881. The monoisotopic (exact) mass is 414 g/mol. The Hall–Kier alpha value is -2.98. The molecule has 2 fully saturated rings. The quantitative estimate of drug-likeness (QED) is 0.687. The fraction of sp³-hybridized carbons (Fsp3) is 0.500. The molecule has 0 atom stereocenters. The number of carbonyl (C=O) groups excluding carboxylic acids is 1. The van der Waals surface area contributed by atoms with E-state index in [1.807, 2.05) is 6.07 Å². The Labute approximate surface area is 174 Å². The molecule has 0 bridgehead atoms. The minimum Gasteiger partial charge on any atom is -0.474 e. The molecule has 3 heterocycles. The maximum absolute atomic E-state index is 11.6. The van der Waals surface area contributed by atoms with Crippen LogP contribution in [0, 0.1) is 0 Å². The molecule has 1 saturated carbocycles. The molecule has 0 spiro atoms. The molecule has 1 saturated heterocycles. The second-order valence-electron chi connectivity index (χ2n) is 7.49. The van der Waals surface area contributed by atoms with Gasteiger partial charge in [0.05, 0.1) is 18.9 Å². The van der Waals surface area contributed by atoms with Gasteiger partial charge in [-0.2, -0.15) is 4.98 Å². The van der Waals surface area contributed by atoms with Crippen LogP contribution in [0.15, 0.2) is 24.4 Å². The molecule has 0 aromatic carbocycles. The molecule has 10 nitrogen and oxygen atoms in total. The molecule has 3 N–H and O–H groups in total. The van der Waals surface area contributed by atoms with E-state index in [0.29, 0.717) is 62.5 Å². The van der Waals surface area contributed by atoms with Crippen LogP contribution in [-0.2, 0) is 9.53 Å². The van der Waals surface area contributed by atoms with Gasteiger partial charge in [-0.05, 0) is 12.1 Å². The molecule has 0 unspecified atom stereocenters. The van der Waals surface area contributed by atoms with E-state index in [9.17, 15) is 4.79 Å². The minimum atomic E-state index is -0.480. The lowest BCUT2D eigenvalue weighted by Gasteiger charge is -2.40. The molecular weight excluding hydrogens is 388 g/mol. The Morgan fingerprint density at radius 2 is 2.10 bits per heavy atom. The van der Waals surface area contributed by atoms with E-state index in [2.05, 4.69) is 14.9 Å². The third kappa shape index (κ3) is 4.44. The summed E-state index contributed by atoms with van der Waals surface area (Å²) in [6.07, 6.45) is 3.02. The zero-order valence-corrected chi connectivity index (χ0v) is 16.9. The van der Waals surface area contributed by atoms with Crippen molar-refractivity contribution < 1.29 is 19.4 Å². The molecule has 1 amide bonds. The lowest BCUT2D eigenvalue weighted by atomic mass is 9.88. The molecule has 30 heavy (non-hydrogen) atoms. The Morgan fingerprint density at radius 1 is 1.33 bits per heavy atom. The SMILES string of the molecule is CN(C(=O)CO)C1CC(Oc2cc(-c3ccc(N)nc3)nc(N3CCOCC3)n2)C1. The van der Waals surface area contributed by atoms with Crippen LogP contribution in [0.1, 0.15) is 12.8 Å². The number of likely N-dealkylation sites (N-methyl/N-ethyl adjacent to an activating group) is 1. The van der Waals surface area contributed by atoms with Gasteiger partial charge in [-0.1, -0.05) is 0 Å². The number of rotatable bonds is 6. The summed E-state index contributed by atoms with van der Waals surface area (Å²) in [5, 5.41) is 9.02.